The molecule has 31 heavy (non-hydrogen) atoms. The Morgan fingerprint density at radius 1 is 1.13 bits per heavy atom. The van der Waals surface area contributed by atoms with Gasteiger partial charge in [-0.05, 0) is 22.8 Å². The molecule has 1 fully saturated rings. The van der Waals surface area contributed by atoms with Crippen molar-refractivity contribution in [2.45, 2.75) is 31.7 Å². The van der Waals surface area contributed by atoms with Gasteiger partial charge < -0.3 is 15.4 Å². The summed E-state index contributed by atoms with van der Waals surface area (Å²) in [5.74, 6) is -1.99. The van der Waals surface area contributed by atoms with Crippen LogP contribution in [0.5, 0.6) is 5.75 Å². The van der Waals surface area contributed by atoms with Crippen molar-refractivity contribution in [2.24, 2.45) is 0 Å². The molecule has 1 saturated heterocycles. The van der Waals surface area contributed by atoms with E-state index in [0.29, 0.717) is 5.56 Å². The zero-order valence-electron chi connectivity index (χ0n) is 16.5. The highest BCUT2D eigenvalue weighted by Crippen LogP contribution is 2.35. The van der Waals surface area contributed by atoms with E-state index < -0.39 is 36.2 Å². The van der Waals surface area contributed by atoms with Crippen molar-refractivity contribution < 1.29 is 32.3 Å². The monoisotopic (exact) mass is 435 g/mol. The third-order valence-corrected chi connectivity index (χ3v) is 4.73. The van der Waals surface area contributed by atoms with Gasteiger partial charge >= 0.3 is 12.4 Å². The van der Waals surface area contributed by atoms with Crippen LogP contribution in [0.1, 0.15) is 24.8 Å². The lowest BCUT2D eigenvalue weighted by Gasteiger charge is -2.20. The summed E-state index contributed by atoms with van der Waals surface area (Å²) in [4.78, 5) is 34.7. The Balaban J connectivity index is 1.71. The van der Waals surface area contributed by atoms with Gasteiger partial charge in [0, 0.05) is 12.5 Å². The van der Waals surface area contributed by atoms with Crippen molar-refractivity contribution in [2.75, 3.05) is 6.54 Å². The first kappa shape index (κ1) is 22.1. The third-order valence-electron chi connectivity index (χ3n) is 4.73. The number of carbonyl (C=O) groups excluding carboxylic acids is 3. The number of amides is 4. The van der Waals surface area contributed by atoms with E-state index in [9.17, 15) is 27.6 Å². The van der Waals surface area contributed by atoms with Crippen LogP contribution in [0, 0.1) is 0 Å². The Labute approximate surface area is 176 Å². The molecule has 2 atom stereocenters. The average molecular weight is 435 g/mol. The predicted octanol–water partition coefficient (Wildman–Crippen LogP) is 3.07. The molecule has 4 amide bonds. The predicted molar refractivity (Wildman–Crippen MR) is 105 cm³/mol. The van der Waals surface area contributed by atoms with Crippen LogP contribution in [0.3, 0.4) is 0 Å². The van der Waals surface area contributed by atoms with Crippen LogP contribution in [0.25, 0.3) is 11.1 Å². The zero-order valence-corrected chi connectivity index (χ0v) is 16.5. The molecule has 7 nitrogen and oxygen atoms in total. The summed E-state index contributed by atoms with van der Waals surface area (Å²) in [6, 6.07) is 11.8. The average Bonchev–Trinajstić information content (AvgIpc) is 3.02. The Hall–Kier alpha value is -3.56. The molecule has 2 aromatic rings. The lowest BCUT2D eigenvalue weighted by atomic mass is 9.96. The lowest BCUT2D eigenvalue weighted by Crippen LogP contribution is -2.37. The highest BCUT2D eigenvalue weighted by Gasteiger charge is 2.33. The van der Waals surface area contributed by atoms with E-state index >= 15 is 0 Å². The number of nitrogens with one attached hydrogen (secondary N) is 3. The van der Waals surface area contributed by atoms with Crippen molar-refractivity contribution in [3.05, 3.63) is 54.1 Å². The van der Waals surface area contributed by atoms with Gasteiger partial charge in [-0.25, -0.2) is 4.79 Å². The highest BCUT2D eigenvalue weighted by molar-refractivity contribution is 6.05. The molecule has 1 heterocycles. The number of alkyl halides is 3. The maximum absolute atomic E-state index is 13.0. The van der Waals surface area contributed by atoms with Crippen LogP contribution in [-0.2, 0) is 9.59 Å². The summed E-state index contributed by atoms with van der Waals surface area (Å²) in [6.07, 6.45) is -5.15. The molecule has 0 aliphatic carbocycles. The van der Waals surface area contributed by atoms with E-state index in [1.165, 1.54) is 12.1 Å². The van der Waals surface area contributed by atoms with E-state index in [-0.39, 0.29) is 24.3 Å². The number of benzene rings is 2. The lowest BCUT2D eigenvalue weighted by molar-refractivity contribution is -0.274. The topological polar surface area (TPSA) is 96.5 Å². The van der Waals surface area contributed by atoms with E-state index in [1.54, 1.807) is 43.3 Å². The summed E-state index contributed by atoms with van der Waals surface area (Å²) in [6.45, 7) is 1.66. The SMILES string of the molecule is CC(CNC(=O)CC1NC(=O)NC1=O)c1ccc(-c2ccccc2)cc1OC(F)(F)F. The van der Waals surface area contributed by atoms with Crippen molar-refractivity contribution in [1.82, 2.24) is 16.0 Å². The van der Waals surface area contributed by atoms with E-state index in [4.69, 9.17) is 0 Å². The zero-order chi connectivity index (χ0) is 22.6. The van der Waals surface area contributed by atoms with Gasteiger partial charge in [0.05, 0.1) is 6.42 Å². The molecule has 164 valence electrons. The van der Waals surface area contributed by atoms with Gasteiger partial charge in [0.1, 0.15) is 11.8 Å². The second-order valence-electron chi connectivity index (χ2n) is 7.09. The van der Waals surface area contributed by atoms with Gasteiger partial charge in [0.15, 0.2) is 0 Å². The van der Waals surface area contributed by atoms with Gasteiger partial charge in [0.25, 0.3) is 5.91 Å². The number of imide groups is 1. The minimum atomic E-state index is -4.87. The Kier molecular flexibility index (Phi) is 6.47. The standard InChI is InChI=1S/C21H20F3N3O4/c1-12(11-25-18(28)10-16-19(29)27-20(30)26-16)15-8-7-14(13-5-3-2-4-6-13)9-17(15)31-21(22,23)24/h2-9,12,16H,10-11H2,1H3,(H,25,28)(H2,26,27,29,30). The van der Waals surface area contributed by atoms with Gasteiger partial charge in [-0.2, -0.15) is 0 Å². The first-order chi connectivity index (χ1) is 14.6. The van der Waals surface area contributed by atoms with Gasteiger partial charge in [-0.3, -0.25) is 14.9 Å². The molecule has 0 saturated carbocycles. The van der Waals surface area contributed by atoms with Crippen LogP contribution >= 0.6 is 0 Å². The Morgan fingerprint density at radius 3 is 2.45 bits per heavy atom. The number of halogens is 3. The summed E-state index contributed by atoms with van der Waals surface area (Å²) < 4.78 is 43.1. The minimum Gasteiger partial charge on any atom is -0.405 e. The Morgan fingerprint density at radius 2 is 1.84 bits per heavy atom. The molecule has 0 aromatic heterocycles. The fraction of sp³-hybridized carbons (Fsp3) is 0.286. The third kappa shape index (κ3) is 5.97. The van der Waals surface area contributed by atoms with Crippen LogP contribution in [0.2, 0.25) is 0 Å². The number of hydrogen-bond acceptors (Lipinski definition) is 4. The van der Waals surface area contributed by atoms with E-state index in [0.717, 1.165) is 5.56 Å². The molecule has 3 rings (SSSR count). The van der Waals surface area contributed by atoms with Crippen molar-refractivity contribution >= 4 is 17.8 Å². The fourth-order valence-corrected chi connectivity index (χ4v) is 3.20. The molecule has 0 spiro atoms. The van der Waals surface area contributed by atoms with Crippen molar-refractivity contribution in [3.63, 3.8) is 0 Å². The van der Waals surface area contributed by atoms with Crippen molar-refractivity contribution in [1.29, 1.82) is 0 Å². The number of ether oxygens (including phenoxy) is 1. The molecular weight excluding hydrogens is 415 g/mol. The first-order valence-corrected chi connectivity index (χ1v) is 9.45. The summed E-state index contributed by atoms with van der Waals surface area (Å²) >= 11 is 0. The van der Waals surface area contributed by atoms with Crippen LogP contribution < -0.4 is 20.7 Å². The second kappa shape index (κ2) is 9.07. The maximum atomic E-state index is 13.0. The Bertz CT molecular complexity index is 980. The molecular formula is C21H20F3N3O4. The second-order valence-corrected chi connectivity index (χ2v) is 7.09. The summed E-state index contributed by atoms with van der Waals surface area (Å²) in [7, 11) is 0. The van der Waals surface area contributed by atoms with Crippen LogP contribution in [0.15, 0.2) is 48.5 Å². The van der Waals surface area contributed by atoms with Crippen LogP contribution in [-0.4, -0.2) is 36.8 Å². The number of urea groups is 1. The van der Waals surface area contributed by atoms with E-state index in [1.807, 2.05) is 5.32 Å². The van der Waals surface area contributed by atoms with E-state index in [2.05, 4.69) is 15.4 Å². The van der Waals surface area contributed by atoms with Gasteiger partial charge in [-0.1, -0.05) is 49.4 Å². The number of rotatable bonds is 7. The molecule has 3 N–H and O–H groups in total. The molecule has 2 unspecified atom stereocenters. The van der Waals surface area contributed by atoms with Gasteiger partial charge in [0.2, 0.25) is 5.91 Å². The quantitative estimate of drug-likeness (QED) is 0.583. The smallest absolute Gasteiger partial charge is 0.405 e. The minimum absolute atomic E-state index is 0.0139. The molecule has 1 aliphatic rings. The summed E-state index contributed by atoms with van der Waals surface area (Å²) in [5.41, 5.74) is 1.56. The largest absolute Gasteiger partial charge is 0.573 e. The highest BCUT2D eigenvalue weighted by atomic mass is 19.4. The maximum Gasteiger partial charge on any atom is 0.573 e. The normalized spacial score (nSPS) is 17.0. The van der Waals surface area contributed by atoms with Gasteiger partial charge in [-0.15, -0.1) is 13.2 Å². The summed E-state index contributed by atoms with van der Waals surface area (Å²) in [5, 5.41) is 6.90. The number of hydrogen-bond donors (Lipinski definition) is 3. The molecule has 10 heteroatoms. The number of carbonyl (C=O) groups is 3. The van der Waals surface area contributed by atoms with Crippen molar-refractivity contribution in [3.8, 4) is 16.9 Å². The van der Waals surface area contributed by atoms with Crippen LogP contribution in [0.4, 0.5) is 18.0 Å². The molecule has 2 aromatic carbocycles. The fourth-order valence-electron chi connectivity index (χ4n) is 3.20. The molecule has 0 bridgehead atoms. The first-order valence-electron chi connectivity index (χ1n) is 9.45. The molecule has 0 radical (unpaired) electrons. The molecule has 1 aliphatic heterocycles.